The van der Waals surface area contributed by atoms with Crippen LogP contribution in [0.1, 0.15) is 30.9 Å². The topological polar surface area (TPSA) is 78.5 Å². The summed E-state index contributed by atoms with van der Waals surface area (Å²) in [6, 6.07) is 15.0. The first-order valence-corrected chi connectivity index (χ1v) is 9.60. The Bertz CT molecular complexity index is 862. The van der Waals surface area contributed by atoms with Gasteiger partial charge in [0.2, 0.25) is 17.7 Å². The standard InChI is InChI=1S/C22H25N3O3/c1-2-17-6-3-4-7-19(17)24-21(27)15-23-20(26)14-16-9-11-18(12-10-16)25-13-5-8-22(25)28/h3-4,6-7,9-12H,2,5,8,13-15H2,1H3,(H,23,26)(H,24,27). The molecule has 3 amide bonds. The number of hydrogen-bond acceptors (Lipinski definition) is 3. The molecule has 6 nitrogen and oxygen atoms in total. The van der Waals surface area contributed by atoms with Crippen molar-refractivity contribution in [2.24, 2.45) is 0 Å². The minimum atomic E-state index is -0.253. The zero-order valence-corrected chi connectivity index (χ0v) is 16.0. The van der Waals surface area contributed by atoms with Crippen molar-refractivity contribution in [1.29, 1.82) is 0 Å². The highest BCUT2D eigenvalue weighted by Crippen LogP contribution is 2.21. The van der Waals surface area contributed by atoms with Crippen molar-refractivity contribution in [2.75, 3.05) is 23.3 Å². The molecule has 0 unspecified atom stereocenters. The van der Waals surface area contributed by atoms with Gasteiger partial charge in [0, 0.05) is 24.3 Å². The van der Waals surface area contributed by atoms with Gasteiger partial charge in [-0.2, -0.15) is 0 Å². The molecule has 28 heavy (non-hydrogen) atoms. The van der Waals surface area contributed by atoms with Crippen LogP contribution in [0.2, 0.25) is 0 Å². The smallest absolute Gasteiger partial charge is 0.243 e. The molecule has 146 valence electrons. The first-order chi connectivity index (χ1) is 13.6. The van der Waals surface area contributed by atoms with E-state index in [0.29, 0.717) is 6.42 Å². The Hall–Kier alpha value is -3.15. The summed E-state index contributed by atoms with van der Waals surface area (Å²) in [4.78, 5) is 37.8. The molecule has 2 aromatic carbocycles. The molecular formula is C22H25N3O3. The largest absolute Gasteiger partial charge is 0.347 e. The number of nitrogens with one attached hydrogen (secondary N) is 2. The first kappa shape index (κ1) is 19.6. The van der Waals surface area contributed by atoms with Crippen molar-refractivity contribution in [2.45, 2.75) is 32.6 Å². The number of carbonyl (C=O) groups is 3. The summed E-state index contributed by atoms with van der Waals surface area (Å²) in [6.45, 7) is 2.70. The fourth-order valence-electron chi connectivity index (χ4n) is 3.29. The molecule has 2 N–H and O–H groups in total. The summed E-state index contributed by atoms with van der Waals surface area (Å²) < 4.78 is 0. The average Bonchev–Trinajstić information content (AvgIpc) is 3.13. The van der Waals surface area contributed by atoms with Gasteiger partial charge >= 0.3 is 0 Å². The van der Waals surface area contributed by atoms with Gasteiger partial charge in [-0.3, -0.25) is 14.4 Å². The quantitative estimate of drug-likeness (QED) is 0.776. The zero-order valence-electron chi connectivity index (χ0n) is 16.0. The van der Waals surface area contributed by atoms with Crippen LogP contribution in [0.4, 0.5) is 11.4 Å². The molecular weight excluding hydrogens is 354 g/mol. The highest BCUT2D eigenvalue weighted by atomic mass is 16.2. The van der Waals surface area contributed by atoms with Gasteiger partial charge in [0.05, 0.1) is 13.0 Å². The summed E-state index contributed by atoms with van der Waals surface area (Å²) in [6.07, 6.45) is 2.48. The highest BCUT2D eigenvalue weighted by molar-refractivity contribution is 5.96. The van der Waals surface area contributed by atoms with E-state index in [0.717, 1.165) is 41.9 Å². The number of nitrogens with zero attached hydrogens (tertiary/aromatic N) is 1. The molecule has 0 aliphatic carbocycles. The molecule has 1 aliphatic rings. The Labute approximate surface area is 164 Å². The minimum absolute atomic E-state index is 0.0722. The van der Waals surface area contributed by atoms with E-state index in [-0.39, 0.29) is 30.7 Å². The summed E-state index contributed by atoms with van der Waals surface area (Å²) in [5, 5.41) is 5.48. The number of aryl methyl sites for hydroxylation is 1. The van der Waals surface area contributed by atoms with E-state index in [4.69, 9.17) is 0 Å². The van der Waals surface area contributed by atoms with E-state index in [2.05, 4.69) is 10.6 Å². The molecule has 3 rings (SSSR count). The number of hydrogen-bond donors (Lipinski definition) is 2. The van der Waals surface area contributed by atoms with Gasteiger partial charge in [0.1, 0.15) is 0 Å². The lowest BCUT2D eigenvalue weighted by molar-refractivity contribution is -0.123. The SMILES string of the molecule is CCc1ccccc1NC(=O)CNC(=O)Cc1ccc(N2CCCC2=O)cc1. The number of rotatable bonds is 7. The molecule has 0 bridgehead atoms. The maximum atomic E-state index is 12.1. The summed E-state index contributed by atoms with van der Waals surface area (Å²) >= 11 is 0. The number of anilines is 2. The van der Waals surface area contributed by atoms with E-state index in [9.17, 15) is 14.4 Å². The number of carbonyl (C=O) groups excluding carboxylic acids is 3. The fourth-order valence-corrected chi connectivity index (χ4v) is 3.29. The van der Waals surface area contributed by atoms with E-state index in [1.807, 2.05) is 55.5 Å². The lowest BCUT2D eigenvalue weighted by Gasteiger charge is -2.15. The Morgan fingerprint density at radius 1 is 1.04 bits per heavy atom. The average molecular weight is 379 g/mol. The molecule has 1 fully saturated rings. The van der Waals surface area contributed by atoms with E-state index in [1.54, 1.807) is 4.90 Å². The Morgan fingerprint density at radius 3 is 2.46 bits per heavy atom. The molecule has 1 saturated heterocycles. The van der Waals surface area contributed by atoms with E-state index >= 15 is 0 Å². The van der Waals surface area contributed by atoms with Crippen molar-refractivity contribution < 1.29 is 14.4 Å². The molecule has 1 heterocycles. The van der Waals surface area contributed by atoms with Gasteiger partial charge in [-0.25, -0.2) is 0 Å². The summed E-state index contributed by atoms with van der Waals surface area (Å²) in [5.74, 6) is -0.331. The lowest BCUT2D eigenvalue weighted by atomic mass is 10.1. The molecule has 2 aromatic rings. The second kappa shape index (κ2) is 9.17. The van der Waals surface area contributed by atoms with Crippen molar-refractivity contribution in [3.05, 3.63) is 59.7 Å². The molecule has 0 radical (unpaired) electrons. The summed E-state index contributed by atoms with van der Waals surface area (Å²) in [7, 11) is 0. The molecule has 0 saturated carbocycles. The van der Waals surface area contributed by atoms with Crippen molar-refractivity contribution in [1.82, 2.24) is 5.32 Å². The maximum absolute atomic E-state index is 12.1. The first-order valence-electron chi connectivity index (χ1n) is 9.60. The maximum Gasteiger partial charge on any atom is 0.243 e. The van der Waals surface area contributed by atoms with E-state index in [1.165, 1.54) is 0 Å². The second-order valence-electron chi connectivity index (χ2n) is 6.83. The van der Waals surface area contributed by atoms with Crippen LogP contribution in [0.25, 0.3) is 0 Å². The zero-order chi connectivity index (χ0) is 19.9. The van der Waals surface area contributed by atoms with Crippen LogP contribution in [0.15, 0.2) is 48.5 Å². The predicted molar refractivity (Wildman–Crippen MR) is 109 cm³/mol. The number of benzene rings is 2. The van der Waals surface area contributed by atoms with Gasteiger partial charge in [0.25, 0.3) is 0 Å². The van der Waals surface area contributed by atoms with Crippen LogP contribution in [-0.4, -0.2) is 30.8 Å². The third-order valence-electron chi connectivity index (χ3n) is 4.80. The van der Waals surface area contributed by atoms with E-state index < -0.39 is 0 Å². The lowest BCUT2D eigenvalue weighted by Crippen LogP contribution is -2.34. The number of para-hydroxylation sites is 1. The van der Waals surface area contributed by atoms with Gasteiger partial charge in [-0.1, -0.05) is 37.3 Å². The molecule has 1 aliphatic heterocycles. The van der Waals surface area contributed by atoms with Crippen LogP contribution in [-0.2, 0) is 27.2 Å². The van der Waals surface area contributed by atoms with Crippen molar-refractivity contribution in [3.63, 3.8) is 0 Å². The number of amides is 3. The van der Waals surface area contributed by atoms with Crippen LogP contribution in [0.3, 0.4) is 0 Å². The van der Waals surface area contributed by atoms with Crippen molar-refractivity contribution >= 4 is 29.1 Å². The Kier molecular flexibility index (Phi) is 6.42. The molecule has 0 aromatic heterocycles. The van der Waals surface area contributed by atoms with Gasteiger partial charge in [0.15, 0.2) is 0 Å². The summed E-state index contributed by atoms with van der Waals surface area (Å²) in [5.41, 5.74) is 3.53. The predicted octanol–water partition coefficient (Wildman–Crippen LogP) is 2.67. The highest BCUT2D eigenvalue weighted by Gasteiger charge is 2.21. The molecule has 0 atom stereocenters. The second-order valence-corrected chi connectivity index (χ2v) is 6.83. The van der Waals surface area contributed by atoms with Gasteiger partial charge in [-0.15, -0.1) is 0 Å². The van der Waals surface area contributed by atoms with Crippen LogP contribution in [0, 0.1) is 0 Å². The Balaban J connectivity index is 1.47. The third kappa shape index (κ3) is 4.97. The normalized spacial score (nSPS) is 13.5. The fraction of sp³-hybridized carbons (Fsp3) is 0.318. The van der Waals surface area contributed by atoms with Crippen LogP contribution in [0.5, 0.6) is 0 Å². The minimum Gasteiger partial charge on any atom is -0.347 e. The van der Waals surface area contributed by atoms with Gasteiger partial charge in [-0.05, 0) is 42.2 Å². The molecule has 0 spiro atoms. The van der Waals surface area contributed by atoms with Crippen molar-refractivity contribution in [3.8, 4) is 0 Å². The van der Waals surface area contributed by atoms with Crippen LogP contribution < -0.4 is 15.5 Å². The monoisotopic (exact) mass is 379 g/mol. The molecule has 6 heteroatoms. The van der Waals surface area contributed by atoms with Crippen LogP contribution >= 0.6 is 0 Å². The third-order valence-corrected chi connectivity index (χ3v) is 4.80. The van der Waals surface area contributed by atoms with Gasteiger partial charge < -0.3 is 15.5 Å². The Morgan fingerprint density at radius 2 is 1.79 bits per heavy atom.